The molecule has 0 unspecified atom stereocenters. The van der Waals surface area contributed by atoms with Crippen molar-refractivity contribution in [1.82, 2.24) is 28.6 Å². The normalized spacial score (nSPS) is 15.8. The van der Waals surface area contributed by atoms with E-state index in [4.69, 9.17) is 23.2 Å². The van der Waals surface area contributed by atoms with Gasteiger partial charge >= 0.3 is 5.69 Å². The fourth-order valence-corrected chi connectivity index (χ4v) is 3.89. The fourth-order valence-electron chi connectivity index (χ4n) is 3.57. The summed E-state index contributed by atoms with van der Waals surface area (Å²) in [6.45, 7) is 3.80. The summed E-state index contributed by atoms with van der Waals surface area (Å²) >= 11 is 12.2. The molecule has 30 heavy (non-hydrogen) atoms. The zero-order chi connectivity index (χ0) is 21.6. The number of nitrogens with zero attached hydrogens (tertiary/aromatic N) is 6. The Bertz CT molecular complexity index is 1220. The van der Waals surface area contributed by atoms with Crippen LogP contribution in [0.2, 0.25) is 10.0 Å². The van der Waals surface area contributed by atoms with Crippen LogP contribution >= 0.6 is 23.2 Å². The number of nitrogens with one attached hydrogen (secondary N) is 1. The van der Waals surface area contributed by atoms with Crippen molar-refractivity contribution >= 4 is 40.3 Å². The molecule has 1 saturated heterocycles. The molecule has 160 valence electrons. The van der Waals surface area contributed by atoms with Gasteiger partial charge in [-0.15, -0.1) is 0 Å². The molecule has 0 amide bonds. The number of fused-ring (bicyclic) bond motifs is 1. The lowest BCUT2D eigenvalue weighted by Gasteiger charge is -2.32. The van der Waals surface area contributed by atoms with Gasteiger partial charge in [-0.2, -0.15) is 4.98 Å². The van der Waals surface area contributed by atoms with E-state index in [2.05, 4.69) is 27.4 Å². The molecule has 3 aromatic rings. The van der Waals surface area contributed by atoms with Gasteiger partial charge in [-0.05, 0) is 24.7 Å². The second kappa shape index (κ2) is 8.07. The van der Waals surface area contributed by atoms with Gasteiger partial charge in [0.05, 0.1) is 16.6 Å². The van der Waals surface area contributed by atoms with Crippen molar-refractivity contribution in [2.45, 2.75) is 6.54 Å². The predicted octanol–water partition coefficient (Wildman–Crippen LogP) is 1.36. The number of benzene rings is 1. The van der Waals surface area contributed by atoms with E-state index >= 15 is 0 Å². The molecule has 1 fully saturated rings. The number of imidazole rings is 1. The first-order chi connectivity index (χ1) is 14.3. The average Bonchev–Trinajstić information content (AvgIpc) is 3.07. The first-order valence-corrected chi connectivity index (χ1v) is 10.3. The molecule has 0 spiro atoms. The summed E-state index contributed by atoms with van der Waals surface area (Å²) in [6.07, 6.45) is 0. The second-order valence-corrected chi connectivity index (χ2v) is 8.36. The highest BCUT2D eigenvalue weighted by Crippen LogP contribution is 2.25. The summed E-state index contributed by atoms with van der Waals surface area (Å²) in [7, 11) is 5.16. The quantitative estimate of drug-likeness (QED) is 0.644. The third-order valence-corrected chi connectivity index (χ3v) is 6.17. The molecule has 0 aliphatic carbocycles. The van der Waals surface area contributed by atoms with E-state index < -0.39 is 11.2 Å². The molecular weight excluding hydrogens is 429 g/mol. The van der Waals surface area contributed by atoms with Crippen molar-refractivity contribution in [3.05, 3.63) is 54.6 Å². The predicted molar refractivity (Wildman–Crippen MR) is 118 cm³/mol. The van der Waals surface area contributed by atoms with Crippen LogP contribution in [0.3, 0.4) is 0 Å². The molecule has 1 aliphatic rings. The number of hydrogen-bond acceptors (Lipinski definition) is 6. The maximum absolute atomic E-state index is 13.0. The molecule has 0 radical (unpaired) electrons. The van der Waals surface area contributed by atoms with Crippen LogP contribution in [0.25, 0.3) is 11.2 Å². The number of aryl methyl sites for hydroxylation is 1. The van der Waals surface area contributed by atoms with Crippen molar-refractivity contribution in [3.63, 3.8) is 0 Å². The number of aromatic nitrogens is 4. The number of likely N-dealkylation sites (N-methyl/N-ethyl adjacent to an activating group) is 1. The van der Waals surface area contributed by atoms with Crippen LogP contribution in [-0.2, 0) is 20.6 Å². The zero-order valence-corrected chi connectivity index (χ0v) is 18.5. The Morgan fingerprint density at radius 1 is 1.00 bits per heavy atom. The van der Waals surface area contributed by atoms with Gasteiger partial charge < -0.3 is 4.90 Å². The molecule has 2 aromatic heterocycles. The van der Waals surface area contributed by atoms with Crippen LogP contribution in [0.4, 0.5) is 5.95 Å². The van der Waals surface area contributed by atoms with Gasteiger partial charge in [0, 0.05) is 40.3 Å². The number of halogens is 2. The van der Waals surface area contributed by atoms with E-state index in [-0.39, 0.29) is 0 Å². The minimum atomic E-state index is -0.419. The minimum absolute atomic E-state index is 0.333. The van der Waals surface area contributed by atoms with Crippen LogP contribution in [0.1, 0.15) is 5.56 Å². The molecule has 9 nitrogen and oxygen atoms in total. The van der Waals surface area contributed by atoms with Crippen LogP contribution in [0.15, 0.2) is 27.8 Å². The van der Waals surface area contributed by atoms with Crippen LogP contribution < -0.4 is 16.7 Å². The second-order valence-electron chi connectivity index (χ2n) is 7.55. The molecule has 1 N–H and O–H groups in total. The SMILES string of the molecule is CN1CCN(Nc2nc3c(c(=O)n(C)c(=O)n3C)n2Cc2ccc(Cl)c(Cl)c2)CC1. The zero-order valence-electron chi connectivity index (χ0n) is 17.0. The molecule has 4 rings (SSSR count). The fraction of sp³-hybridized carbons (Fsp3) is 0.421. The number of hydrogen-bond donors (Lipinski definition) is 1. The first kappa shape index (κ1) is 20.9. The van der Waals surface area contributed by atoms with Gasteiger partial charge in [-0.1, -0.05) is 29.3 Å². The molecule has 0 bridgehead atoms. The largest absolute Gasteiger partial charge is 0.332 e. The van der Waals surface area contributed by atoms with E-state index in [1.165, 1.54) is 11.6 Å². The maximum Gasteiger partial charge on any atom is 0.332 e. The van der Waals surface area contributed by atoms with Crippen LogP contribution in [0, 0.1) is 0 Å². The molecular formula is C19H23Cl2N7O2. The van der Waals surface area contributed by atoms with E-state index in [1.54, 1.807) is 23.7 Å². The number of hydrazine groups is 1. The molecule has 1 aliphatic heterocycles. The average molecular weight is 452 g/mol. The third-order valence-electron chi connectivity index (χ3n) is 5.43. The highest BCUT2D eigenvalue weighted by atomic mass is 35.5. The Hall–Kier alpha value is -2.33. The Labute approximate surface area is 183 Å². The topological polar surface area (TPSA) is 80.3 Å². The van der Waals surface area contributed by atoms with Gasteiger partial charge in [0.2, 0.25) is 5.95 Å². The summed E-state index contributed by atoms with van der Waals surface area (Å²) in [5.74, 6) is 0.499. The molecule has 0 saturated carbocycles. The van der Waals surface area contributed by atoms with E-state index in [1.807, 2.05) is 6.07 Å². The van der Waals surface area contributed by atoms with E-state index in [9.17, 15) is 9.59 Å². The summed E-state index contributed by atoms with van der Waals surface area (Å²) in [5.41, 5.74) is 4.06. The summed E-state index contributed by atoms with van der Waals surface area (Å²) in [6, 6.07) is 5.34. The Morgan fingerprint density at radius 2 is 1.70 bits per heavy atom. The summed E-state index contributed by atoms with van der Waals surface area (Å²) in [5, 5.41) is 2.97. The van der Waals surface area contributed by atoms with Crippen LogP contribution in [-0.4, -0.2) is 61.8 Å². The molecule has 0 atom stereocenters. The van der Waals surface area contributed by atoms with Crippen molar-refractivity contribution < 1.29 is 0 Å². The Morgan fingerprint density at radius 3 is 2.37 bits per heavy atom. The molecule has 3 heterocycles. The Kier molecular flexibility index (Phi) is 5.63. The highest BCUT2D eigenvalue weighted by molar-refractivity contribution is 6.42. The first-order valence-electron chi connectivity index (χ1n) is 9.56. The highest BCUT2D eigenvalue weighted by Gasteiger charge is 2.22. The van der Waals surface area contributed by atoms with Crippen LogP contribution in [0.5, 0.6) is 0 Å². The summed E-state index contributed by atoms with van der Waals surface area (Å²) in [4.78, 5) is 32.2. The molecule has 1 aromatic carbocycles. The van der Waals surface area contributed by atoms with Gasteiger partial charge in [0.1, 0.15) is 0 Å². The summed E-state index contributed by atoms with van der Waals surface area (Å²) < 4.78 is 4.27. The monoisotopic (exact) mass is 451 g/mol. The van der Waals surface area contributed by atoms with Gasteiger partial charge in [0.25, 0.3) is 5.56 Å². The lowest BCUT2D eigenvalue weighted by Crippen LogP contribution is -2.47. The lowest BCUT2D eigenvalue weighted by atomic mass is 10.2. The standard InChI is InChI=1S/C19H23Cl2N7O2/c1-24-6-8-27(9-7-24)23-18-22-16-15(17(29)26(3)19(30)25(16)2)28(18)11-12-4-5-13(20)14(21)10-12/h4-5,10H,6-9,11H2,1-3H3,(H,22,23). The van der Waals surface area contributed by atoms with Crippen molar-refractivity contribution in [1.29, 1.82) is 0 Å². The van der Waals surface area contributed by atoms with E-state index in [0.717, 1.165) is 36.3 Å². The number of anilines is 1. The van der Waals surface area contributed by atoms with Crippen molar-refractivity contribution in [3.8, 4) is 0 Å². The van der Waals surface area contributed by atoms with Crippen molar-refractivity contribution in [2.24, 2.45) is 14.1 Å². The number of piperazine rings is 1. The number of rotatable bonds is 4. The van der Waals surface area contributed by atoms with Gasteiger partial charge in [0.15, 0.2) is 11.2 Å². The van der Waals surface area contributed by atoms with Crippen molar-refractivity contribution in [2.75, 3.05) is 38.7 Å². The maximum atomic E-state index is 13.0. The smallest absolute Gasteiger partial charge is 0.304 e. The lowest BCUT2D eigenvalue weighted by molar-refractivity contribution is 0.177. The minimum Gasteiger partial charge on any atom is -0.304 e. The van der Waals surface area contributed by atoms with E-state index in [0.29, 0.717) is 33.7 Å². The molecule has 11 heteroatoms. The van der Waals surface area contributed by atoms with Gasteiger partial charge in [-0.3, -0.25) is 23.9 Å². The van der Waals surface area contributed by atoms with Gasteiger partial charge in [-0.25, -0.2) is 9.80 Å². The third kappa shape index (κ3) is 3.74. The Balaban J connectivity index is 1.84.